The Labute approximate surface area is 112 Å². The van der Waals surface area contributed by atoms with Crippen LogP contribution in [0.3, 0.4) is 0 Å². The summed E-state index contributed by atoms with van der Waals surface area (Å²) in [6, 6.07) is 6.96. The van der Waals surface area contributed by atoms with Gasteiger partial charge in [-0.25, -0.2) is 0 Å². The zero-order chi connectivity index (χ0) is 14.2. The highest BCUT2D eigenvalue weighted by Crippen LogP contribution is 2.53. The summed E-state index contributed by atoms with van der Waals surface area (Å²) in [5, 5.41) is 11.3. The number of carbonyl (C=O) groups is 1. The number of fused-ring (bicyclic) bond motifs is 1. The second-order valence-corrected chi connectivity index (χ2v) is 7.61. The number of benzene rings is 1. The molecule has 3 unspecified atom stereocenters. The maximum atomic E-state index is 12.3. The number of nitrogens with zero attached hydrogens (tertiary/aromatic N) is 1. The Morgan fingerprint density at radius 1 is 1.42 bits per heavy atom. The highest BCUT2D eigenvalue weighted by Gasteiger charge is 2.39. The lowest BCUT2D eigenvalue weighted by atomic mass is 10.0. The first-order chi connectivity index (χ1) is 8.83. The molecule has 0 bridgehead atoms. The molecule has 0 heterocycles. The van der Waals surface area contributed by atoms with Crippen LogP contribution in [0.5, 0.6) is 0 Å². The number of carbonyl (C=O) groups excluding carboxylic acids is 1. The molecule has 2 rings (SSSR count). The quantitative estimate of drug-likeness (QED) is 0.701. The highest BCUT2D eigenvalue weighted by molar-refractivity contribution is 7.57. The van der Waals surface area contributed by atoms with Gasteiger partial charge in [0, 0.05) is 31.2 Å². The molecule has 0 saturated heterocycles. The molecule has 0 aromatic heterocycles. The molecule has 1 aromatic rings. The minimum atomic E-state index is -3.83. The topological polar surface area (TPSA) is 83.5 Å². The molecule has 19 heavy (non-hydrogen) atoms. The van der Waals surface area contributed by atoms with Crippen molar-refractivity contribution < 1.29 is 19.4 Å². The number of carboxylic acids is 1. The van der Waals surface area contributed by atoms with E-state index in [0.29, 0.717) is 5.56 Å². The second kappa shape index (κ2) is 5.08. The first-order valence-electron chi connectivity index (χ1n) is 6.06. The van der Waals surface area contributed by atoms with Crippen LogP contribution in [-0.4, -0.2) is 36.9 Å². The van der Waals surface area contributed by atoms with Gasteiger partial charge in [-0.1, -0.05) is 24.3 Å². The van der Waals surface area contributed by atoms with E-state index >= 15 is 0 Å². The number of hydrogen-bond acceptors (Lipinski definition) is 5. The van der Waals surface area contributed by atoms with Gasteiger partial charge < -0.3 is 24.3 Å². The van der Waals surface area contributed by atoms with Gasteiger partial charge in [-0.05, 0) is 31.6 Å². The molecule has 0 amide bonds. The van der Waals surface area contributed by atoms with Crippen molar-refractivity contribution in [3.8, 4) is 0 Å². The summed E-state index contributed by atoms with van der Waals surface area (Å²) in [5.74, 6) is -2.37. The van der Waals surface area contributed by atoms with Gasteiger partial charge in [0.2, 0.25) is 0 Å². The van der Waals surface area contributed by atoms with Gasteiger partial charge >= 0.3 is 0 Å². The third-order valence-electron chi connectivity index (χ3n) is 3.44. The van der Waals surface area contributed by atoms with E-state index in [-0.39, 0.29) is 12.7 Å². The average molecular weight is 281 g/mol. The summed E-state index contributed by atoms with van der Waals surface area (Å²) >= 11 is 0. The fourth-order valence-electron chi connectivity index (χ4n) is 2.72. The summed E-state index contributed by atoms with van der Waals surface area (Å²) in [6.45, 7) is 0. The van der Waals surface area contributed by atoms with E-state index < -0.39 is 24.9 Å². The fourth-order valence-corrected chi connectivity index (χ4v) is 4.93. The van der Waals surface area contributed by atoms with Crippen LogP contribution >= 0.6 is 7.37 Å². The Bertz CT molecular complexity index is 543. The van der Waals surface area contributed by atoms with Gasteiger partial charge in [0.25, 0.3) is 0 Å². The van der Waals surface area contributed by atoms with E-state index in [1.165, 1.54) is 0 Å². The van der Waals surface area contributed by atoms with Crippen molar-refractivity contribution in [2.75, 3.05) is 20.4 Å². The van der Waals surface area contributed by atoms with Gasteiger partial charge in [0.1, 0.15) is 0 Å². The maximum absolute atomic E-state index is 12.3. The molecule has 0 saturated carbocycles. The average Bonchev–Trinajstić information content (AvgIpc) is 2.67. The van der Waals surface area contributed by atoms with Crippen molar-refractivity contribution in [3.05, 3.63) is 35.4 Å². The lowest BCUT2D eigenvalue weighted by molar-refractivity contribution is -0.308. The van der Waals surface area contributed by atoms with Crippen LogP contribution < -0.4 is 10.00 Å². The molecule has 1 aliphatic carbocycles. The molecule has 3 atom stereocenters. The lowest BCUT2D eigenvalue weighted by Crippen LogP contribution is -2.38. The largest absolute Gasteiger partial charge is 0.798 e. The van der Waals surface area contributed by atoms with Crippen LogP contribution in [0.1, 0.15) is 17.0 Å². The van der Waals surface area contributed by atoms with E-state index in [4.69, 9.17) is 0 Å². The number of rotatable bonds is 4. The molecule has 6 heteroatoms. The minimum absolute atomic E-state index is 0.130. The van der Waals surface area contributed by atoms with Crippen molar-refractivity contribution in [2.45, 2.75) is 18.0 Å². The second-order valence-electron chi connectivity index (χ2n) is 5.21. The molecule has 0 spiro atoms. The minimum Gasteiger partial charge on any atom is -0.798 e. The van der Waals surface area contributed by atoms with Crippen LogP contribution in [0.4, 0.5) is 0 Å². The van der Waals surface area contributed by atoms with Crippen LogP contribution in [-0.2, 0) is 15.8 Å². The molecule has 0 N–H and O–H groups in total. The predicted molar refractivity (Wildman–Crippen MR) is 67.8 cm³/mol. The van der Waals surface area contributed by atoms with Gasteiger partial charge in [0.15, 0.2) is 0 Å². The van der Waals surface area contributed by atoms with E-state index in [0.717, 1.165) is 5.56 Å². The standard InChI is InChI=1S/C13H18NO4P/c1-14(2)8-19(17,18)11-7-9-5-3-4-6-10(9)12(11)13(15)16/h3-6,11-12H,7-8H2,1-2H3,(H,15,16)(H,17,18)/p-2. The SMILES string of the molecule is CN(C)CP(=O)([O-])C1Cc2ccccc2C1C(=O)[O-]. The molecular formula is C13H16NO4P-2. The summed E-state index contributed by atoms with van der Waals surface area (Å²) < 4.78 is 12.3. The normalized spacial score (nSPS) is 25.1. The molecule has 1 aromatic carbocycles. The number of hydrogen-bond donors (Lipinski definition) is 0. The number of carboxylic acid groups (broad SMARTS) is 1. The zero-order valence-electron chi connectivity index (χ0n) is 10.9. The summed E-state index contributed by atoms with van der Waals surface area (Å²) in [6.07, 6.45) is 0.124. The molecular weight excluding hydrogens is 265 g/mol. The van der Waals surface area contributed by atoms with Crippen molar-refractivity contribution in [1.29, 1.82) is 0 Å². The monoisotopic (exact) mass is 281 g/mol. The molecule has 5 nitrogen and oxygen atoms in total. The summed E-state index contributed by atoms with van der Waals surface area (Å²) in [5.41, 5.74) is 0.455. The molecule has 0 radical (unpaired) electrons. The predicted octanol–water partition coefficient (Wildman–Crippen LogP) is -0.398. The third kappa shape index (κ3) is 2.73. The van der Waals surface area contributed by atoms with Crippen molar-refractivity contribution in [3.63, 3.8) is 0 Å². The van der Waals surface area contributed by atoms with Gasteiger partial charge in [0.05, 0.1) is 0 Å². The Morgan fingerprint density at radius 3 is 2.63 bits per heavy atom. The van der Waals surface area contributed by atoms with E-state index in [9.17, 15) is 19.4 Å². The Balaban J connectivity index is 2.39. The molecule has 1 aliphatic rings. The summed E-state index contributed by atoms with van der Waals surface area (Å²) in [7, 11) is -0.527. The van der Waals surface area contributed by atoms with Gasteiger partial charge in [-0.3, -0.25) is 0 Å². The van der Waals surface area contributed by atoms with Gasteiger partial charge in [-0.15, -0.1) is 0 Å². The van der Waals surface area contributed by atoms with Crippen molar-refractivity contribution in [1.82, 2.24) is 4.90 Å². The Kier molecular flexibility index (Phi) is 3.81. The van der Waals surface area contributed by atoms with E-state index in [1.807, 2.05) is 0 Å². The van der Waals surface area contributed by atoms with Crippen LogP contribution in [0.25, 0.3) is 0 Å². The highest BCUT2D eigenvalue weighted by atomic mass is 31.2. The van der Waals surface area contributed by atoms with Gasteiger partial charge in [-0.2, -0.15) is 0 Å². The Morgan fingerprint density at radius 2 is 2.05 bits per heavy atom. The van der Waals surface area contributed by atoms with Crippen molar-refractivity contribution >= 4 is 13.3 Å². The lowest BCUT2D eigenvalue weighted by Gasteiger charge is -2.36. The van der Waals surface area contributed by atoms with E-state index in [2.05, 4.69) is 0 Å². The fraction of sp³-hybridized carbons (Fsp3) is 0.462. The first kappa shape index (κ1) is 14.3. The first-order valence-corrected chi connectivity index (χ1v) is 7.94. The van der Waals surface area contributed by atoms with Crippen LogP contribution in [0.2, 0.25) is 0 Å². The maximum Gasteiger partial charge on any atom is 0.0496 e. The molecule has 0 fully saturated rings. The van der Waals surface area contributed by atoms with E-state index in [1.54, 1.807) is 43.3 Å². The Hall–Kier alpha value is -1.16. The number of aliphatic carboxylic acids is 1. The molecule has 104 valence electrons. The van der Waals surface area contributed by atoms with Crippen molar-refractivity contribution in [2.24, 2.45) is 0 Å². The smallest absolute Gasteiger partial charge is 0.0496 e. The van der Waals surface area contributed by atoms with Crippen LogP contribution in [0.15, 0.2) is 24.3 Å². The zero-order valence-corrected chi connectivity index (χ0v) is 11.8. The molecule has 0 aliphatic heterocycles. The van der Waals surface area contributed by atoms with Crippen LogP contribution in [0, 0.1) is 0 Å². The third-order valence-corrected chi connectivity index (χ3v) is 5.89. The summed E-state index contributed by atoms with van der Waals surface area (Å²) in [4.78, 5) is 25.2.